The van der Waals surface area contributed by atoms with Gasteiger partial charge in [0.05, 0.1) is 19.3 Å². The molecule has 0 aliphatic heterocycles. The average Bonchev–Trinajstić information content (AvgIpc) is 2.61. The molecule has 0 N–H and O–H groups in total. The smallest absolute Gasteiger partial charge is 0.263 e. The lowest BCUT2D eigenvalue weighted by atomic mass is 10.1. The van der Waals surface area contributed by atoms with E-state index in [0.717, 1.165) is 6.42 Å². The van der Waals surface area contributed by atoms with Gasteiger partial charge in [0.25, 0.3) is 11.5 Å². The van der Waals surface area contributed by atoms with Crippen molar-refractivity contribution in [3.63, 3.8) is 0 Å². The molecule has 0 bridgehead atoms. The lowest BCUT2D eigenvalue weighted by Crippen LogP contribution is -2.35. The van der Waals surface area contributed by atoms with Crippen LogP contribution in [-0.2, 0) is 13.1 Å². The largest absolute Gasteiger partial charge is 0.497 e. The standard InChI is InChI=1S/C20H27N3O3/c1-14(2)7-10-23-11-8-15(3)18(20(23)25)19(24)22(4)13-16-12-17(26-5)6-9-21-16/h6,8-9,11-12,14H,7,10,13H2,1-5H3. The number of pyridine rings is 2. The number of aromatic nitrogens is 2. The van der Waals surface area contributed by atoms with Crippen LogP contribution in [-0.4, -0.2) is 34.5 Å². The molecule has 0 aromatic carbocycles. The summed E-state index contributed by atoms with van der Waals surface area (Å²) in [6.07, 6.45) is 4.29. The molecule has 0 atom stereocenters. The van der Waals surface area contributed by atoms with Crippen molar-refractivity contribution in [3.05, 3.63) is 57.8 Å². The number of hydrogen-bond donors (Lipinski definition) is 0. The number of hydrogen-bond acceptors (Lipinski definition) is 4. The fourth-order valence-electron chi connectivity index (χ4n) is 2.67. The van der Waals surface area contributed by atoms with Gasteiger partial charge < -0.3 is 14.2 Å². The van der Waals surface area contributed by atoms with Crippen LogP contribution in [0.5, 0.6) is 5.75 Å². The van der Waals surface area contributed by atoms with Crippen LogP contribution < -0.4 is 10.3 Å². The molecule has 0 saturated carbocycles. The van der Waals surface area contributed by atoms with Crippen LogP contribution in [0.4, 0.5) is 0 Å². The molecule has 2 heterocycles. The van der Waals surface area contributed by atoms with Crippen LogP contribution in [0, 0.1) is 12.8 Å². The highest BCUT2D eigenvalue weighted by Gasteiger charge is 2.20. The highest BCUT2D eigenvalue weighted by atomic mass is 16.5. The van der Waals surface area contributed by atoms with Crippen molar-refractivity contribution in [1.29, 1.82) is 0 Å². The van der Waals surface area contributed by atoms with E-state index in [9.17, 15) is 9.59 Å². The minimum Gasteiger partial charge on any atom is -0.497 e. The fraction of sp³-hybridized carbons (Fsp3) is 0.450. The molecule has 0 fully saturated rings. The van der Waals surface area contributed by atoms with E-state index < -0.39 is 0 Å². The number of methoxy groups -OCH3 is 1. The Hall–Kier alpha value is -2.63. The maximum absolute atomic E-state index is 12.9. The molecule has 0 unspecified atom stereocenters. The Bertz CT molecular complexity index is 827. The first-order valence-electron chi connectivity index (χ1n) is 8.78. The molecule has 0 radical (unpaired) electrons. The molecule has 26 heavy (non-hydrogen) atoms. The van der Waals surface area contributed by atoms with E-state index in [1.165, 1.54) is 4.90 Å². The SMILES string of the molecule is COc1ccnc(CN(C)C(=O)c2c(C)ccn(CCC(C)C)c2=O)c1. The van der Waals surface area contributed by atoms with Gasteiger partial charge in [-0.15, -0.1) is 0 Å². The second kappa shape index (κ2) is 8.65. The molecule has 0 aliphatic rings. The van der Waals surface area contributed by atoms with Crippen molar-refractivity contribution >= 4 is 5.91 Å². The second-order valence-corrected chi connectivity index (χ2v) is 6.90. The first-order chi connectivity index (χ1) is 12.3. The van der Waals surface area contributed by atoms with Crippen LogP contribution in [0.25, 0.3) is 0 Å². The van der Waals surface area contributed by atoms with Gasteiger partial charge in [-0.05, 0) is 37.0 Å². The summed E-state index contributed by atoms with van der Waals surface area (Å²) in [5.41, 5.74) is 1.38. The predicted molar refractivity (Wildman–Crippen MR) is 101 cm³/mol. The lowest BCUT2D eigenvalue weighted by Gasteiger charge is -2.19. The van der Waals surface area contributed by atoms with Gasteiger partial charge in [-0.25, -0.2) is 0 Å². The summed E-state index contributed by atoms with van der Waals surface area (Å²) in [5, 5.41) is 0. The first kappa shape index (κ1) is 19.7. The van der Waals surface area contributed by atoms with Crippen molar-refractivity contribution in [2.75, 3.05) is 14.2 Å². The van der Waals surface area contributed by atoms with E-state index in [1.54, 1.807) is 50.2 Å². The van der Waals surface area contributed by atoms with Crippen molar-refractivity contribution in [2.24, 2.45) is 5.92 Å². The zero-order valence-corrected chi connectivity index (χ0v) is 16.2. The number of nitrogens with zero attached hydrogens (tertiary/aromatic N) is 3. The summed E-state index contributed by atoms with van der Waals surface area (Å²) >= 11 is 0. The maximum atomic E-state index is 12.9. The number of ether oxygens (including phenoxy) is 1. The Kier molecular flexibility index (Phi) is 6.55. The fourth-order valence-corrected chi connectivity index (χ4v) is 2.67. The summed E-state index contributed by atoms with van der Waals surface area (Å²) in [6, 6.07) is 5.36. The van der Waals surface area contributed by atoms with Crippen molar-refractivity contribution in [3.8, 4) is 5.75 Å². The predicted octanol–water partition coefficient (Wildman–Crippen LogP) is 2.88. The van der Waals surface area contributed by atoms with Gasteiger partial charge >= 0.3 is 0 Å². The van der Waals surface area contributed by atoms with E-state index in [0.29, 0.717) is 36.0 Å². The molecule has 2 aromatic heterocycles. The molecule has 2 rings (SSSR count). The van der Waals surface area contributed by atoms with E-state index in [2.05, 4.69) is 18.8 Å². The van der Waals surface area contributed by atoms with Gasteiger partial charge in [-0.1, -0.05) is 13.8 Å². The Morgan fingerprint density at radius 2 is 2.08 bits per heavy atom. The van der Waals surface area contributed by atoms with Crippen LogP contribution >= 0.6 is 0 Å². The van der Waals surface area contributed by atoms with Crippen molar-refractivity contribution < 1.29 is 9.53 Å². The Morgan fingerprint density at radius 1 is 1.35 bits per heavy atom. The normalized spacial score (nSPS) is 10.8. The Balaban J connectivity index is 2.24. The number of amides is 1. The summed E-state index contributed by atoms with van der Waals surface area (Å²) in [5.74, 6) is 0.878. The molecule has 2 aromatic rings. The minimum absolute atomic E-state index is 0.224. The highest BCUT2D eigenvalue weighted by Crippen LogP contribution is 2.13. The molecule has 0 saturated heterocycles. The van der Waals surface area contributed by atoms with E-state index >= 15 is 0 Å². The van der Waals surface area contributed by atoms with Gasteiger partial charge in [0, 0.05) is 32.1 Å². The second-order valence-electron chi connectivity index (χ2n) is 6.90. The van der Waals surface area contributed by atoms with E-state index in [-0.39, 0.29) is 17.0 Å². The molecule has 0 aliphatic carbocycles. The van der Waals surface area contributed by atoms with Crippen molar-refractivity contribution in [1.82, 2.24) is 14.5 Å². The average molecular weight is 357 g/mol. The minimum atomic E-state index is -0.295. The van der Waals surface area contributed by atoms with Gasteiger partial charge in [0.15, 0.2) is 0 Å². The third-order valence-corrected chi connectivity index (χ3v) is 4.30. The molecule has 6 nitrogen and oxygen atoms in total. The lowest BCUT2D eigenvalue weighted by molar-refractivity contribution is 0.0780. The third kappa shape index (κ3) is 4.71. The molecule has 1 amide bonds. The van der Waals surface area contributed by atoms with Crippen LogP contribution in [0.3, 0.4) is 0 Å². The third-order valence-electron chi connectivity index (χ3n) is 4.30. The highest BCUT2D eigenvalue weighted by molar-refractivity contribution is 5.95. The quantitative estimate of drug-likeness (QED) is 0.764. The van der Waals surface area contributed by atoms with Gasteiger partial charge in [-0.2, -0.15) is 0 Å². The van der Waals surface area contributed by atoms with Gasteiger partial charge in [0.1, 0.15) is 11.3 Å². The Morgan fingerprint density at radius 3 is 2.73 bits per heavy atom. The number of rotatable bonds is 7. The van der Waals surface area contributed by atoms with Gasteiger partial charge in [0.2, 0.25) is 0 Å². The first-order valence-corrected chi connectivity index (χ1v) is 8.78. The van der Waals surface area contributed by atoms with Crippen LogP contribution in [0.15, 0.2) is 35.4 Å². The summed E-state index contributed by atoms with van der Waals surface area (Å²) in [7, 11) is 3.26. The molecular weight excluding hydrogens is 330 g/mol. The summed E-state index contributed by atoms with van der Waals surface area (Å²) in [4.78, 5) is 31.4. The van der Waals surface area contributed by atoms with E-state index in [1.807, 2.05) is 6.07 Å². The zero-order valence-electron chi connectivity index (χ0n) is 16.2. The number of carbonyl (C=O) groups is 1. The number of carbonyl (C=O) groups excluding carboxylic acids is 1. The van der Waals surface area contributed by atoms with Crippen molar-refractivity contribution in [2.45, 2.75) is 40.3 Å². The van der Waals surface area contributed by atoms with Crippen LogP contribution in [0.2, 0.25) is 0 Å². The monoisotopic (exact) mass is 357 g/mol. The molecular formula is C20H27N3O3. The molecule has 0 spiro atoms. The maximum Gasteiger partial charge on any atom is 0.263 e. The molecule has 140 valence electrons. The topological polar surface area (TPSA) is 64.4 Å². The van der Waals surface area contributed by atoms with E-state index in [4.69, 9.17) is 4.74 Å². The summed E-state index contributed by atoms with van der Waals surface area (Å²) in [6.45, 7) is 6.92. The number of aryl methyl sites for hydroxylation is 2. The zero-order chi connectivity index (χ0) is 19.3. The van der Waals surface area contributed by atoms with Crippen LogP contribution in [0.1, 0.15) is 41.9 Å². The summed E-state index contributed by atoms with van der Waals surface area (Å²) < 4.78 is 6.81. The Labute approximate surface area is 154 Å². The molecule has 6 heteroatoms. The van der Waals surface area contributed by atoms with Gasteiger partial charge in [-0.3, -0.25) is 14.6 Å².